The van der Waals surface area contributed by atoms with Crippen molar-refractivity contribution in [1.82, 2.24) is 4.31 Å². The van der Waals surface area contributed by atoms with Crippen LogP contribution in [-0.2, 0) is 10.0 Å². The number of benzene rings is 1. The lowest BCUT2D eigenvalue weighted by molar-refractivity contribution is -0.0695. The lowest BCUT2D eigenvalue weighted by atomic mass is 9.90. The van der Waals surface area contributed by atoms with Gasteiger partial charge in [-0.1, -0.05) is 12.1 Å². The molecule has 1 aliphatic heterocycles. The molecule has 2 aliphatic rings. The molecule has 0 N–H and O–H groups in total. The number of methoxy groups -OCH3 is 1. The Bertz CT molecular complexity index is 644. The summed E-state index contributed by atoms with van der Waals surface area (Å²) in [6.07, 6.45) is 0.366. The molecule has 0 bridgehead atoms. The Hall–Kier alpha value is -1.21. The van der Waals surface area contributed by atoms with Gasteiger partial charge in [-0.05, 0) is 36.5 Å². The molecule has 1 heterocycles. The highest BCUT2D eigenvalue weighted by Gasteiger charge is 2.53. The van der Waals surface area contributed by atoms with Crippen molar-refractivity contribution in [3.63, 3.8) is 0 Å². The molecule has 0 radical (unpaired) electrons. The molecule has 0 amide bonds. The Morgan fingerprint density at radius 1 is 1.13 bits per heavy atom. The lowest BCUT2D eigenvalue weighted by Crippen LogP contribution is -2.51. The van der Waals surface area contributed by atoms with Gasteiger partial charge in [-0.3, -0.25) is 0 Å². The molecular weight excluding hydrogens is 324 g/mol. The Morgan fingerprint density at radius 3 is 2.17 bits per heavy atom. The molecule has 4 nitrogen and oxygen atoms in total. The highest BCUT2D eigenvalue weighted by molar-refractivity contribution is 7.89. The van der Waals surface area contributed by atoms with Crippen LogP contribution >= 0.6 is 0 Å². The third-order valence-electron chi connectivity index (χ3n) is 4.87. The molecule has 7 heteroatoms. The molecule has 1 saturated heterocycles. The van der Waals surface area contributed by atoms with E-state index >= 15 is 0 Å². The first kappa shape index (κ1) is 16.6. The van der Waals surface area contributed by atoms with E-state index in [1.54, 1.807) is 7.11 Å². The van der Waals surface area contributed by atoms with Crippen molar-refractivity contribution < 1.29 is 21.9 Å². The highest BCUT2D eigenvalue weighted by atomic mass is 32.2. The van der Waals surface area contributed by atoms with E-state index < -0.39 is 34.0 Å². The van der Waals surface area contributed by atoms with Gasteiger partial charge in [0.1, 0.15) is 5.75 Å². The van der Waals surface area contributed by atoms with E-state index in [0.717, 1.165) is 11.3 Å². The molecule has 1 aliphatic carbocycles. The van der Waals surface area contributed by atoms with Crippen LogP contribution in [0.15, 0.2) is 24.3 Å². The van der Waals surface area contributed by atoms with Gasteiger partial charge in [0.05, 0.1) is 12.4 Å². The van der Waals surface area contributed by atoms with E-state index in [-0.39, 0.29) is 0 Å². The van der Waals surface area contributed by atoms with E-state index in [0.29, 0.717) is 31.8 Å². The highest BCUT2D eigenvalue weighted by Crippen LogP contribution is 2.43. The van der Waals surface area contributed by atoms with Crippen molar-refractivity contribution >= 4 is 10.0 Å². The number of hydrogen-bond donors (Lipinski definition) is 0. The molecule has 0 aromatic heterocycles. The maximum atomic E-state index is 12.9. The van der Waals surface area contributed by atoms with Crippen LogP contribution in [0.1, 0.15) is 37.2 Å². The minimum Gasteiger partial charge on any atom is -0.497 e. The van der Waals surface area contributed by atoms with Gasteiger partial charge >= 0.3 is 0 Å². The van der Waals surface area contributed by atoms with Crippen LogP contribution in [0.4, 0.5) is 8.78 Å². The van der Waals surface area contributed by atoms with Crippen molar-refractivity contribution in [3.05, 3.63) is 29.8 Å². The summed E-state index contributed by atoms with van der Waals surface area (Å²) in [6.45, 7) is 0.808. The van der Waals surface area contributed by atoms with Gasteiger partial charge in [-0.15, -0.1) is 0 Å². The van der Waals surface area contributed by atoms with Crippen molar-refractivity contribution in [3.8, 4) is 5.75 Å². The zero-order chi connectivity index (χ0) is 16.7. The van der Waals surface area contributed by atoms with Crippen LogP contribution in [0.3, 0.4) is 0 Å². The summed E-state index contributed by atoms with van der Waals surface area (Å²) in [5, 5.41) is -0.907. The molecular formula is C16H21F2NO3S. The number of piperidine rings is 1. The van der Waals surface area contributed by atoms with Gasteiger partial charge in [0.15, 0.2) is 0 Å². The average Bonchev–Trinajstić information content (AvgIpc) is 2.53. The fourth-order valence-electron chi connectivity index (χ4n) is 3.35. The van der Waals surface area contributed by atoms with Crippen LogP contribution in [-0.4, -0.2) is 44.1 Å². The summed E-state index contributed by atoms with van der Waals surface area (Å²) in [5.74, 6) is -1.71. The molecule has 0 atom stereocenters. The first-order valence-electron chi connectivity index (χ1n) is 7.82. The minimum atomic E-state index is -3.58. The third-order valence-corrected chi connectivity index (χ3v) is 7.14. The van der Waals surface area contributed by atoms with E-state index in [4.69, 9.17) is 4.74 Å². The number of sulfonamides is 1. The Balaban J connectivity index is 1.59. The molecule has 1 aromatic carbocycles. The smallest absolute Gasteiger partial charge is 0.250 e. The summed E-state index contributed by atoms with van der Waals surface area (Å²) in [4.78, 5) is 0. The quantitative estimate of drug-likeness (QED) is 0.843. The summed E-state index contributed by atoms with van der Waals surface area (Å²) >= 11 is 0. The second-order valence-corrected chi connectivity index (χ2v) is 8.59. The van der Waals surface area contributed by atoms with Crippen molar-refractivity contribution in [2.45, 2.75) is 42.8 Å². The Morgan fingerprint density at radius 2 is 1.70 bits per heavy atom. The van der Waals surface area contributed by atoms with Gasteiger partial charge in [0.2, 0.25) is 10.0 Å². The van der Waals surface area contributed by atoms with Gasteiger partial charge in [0, 0.05) is 25.9 Å². The summed E-state index contributed by atoms with van der Waals surface area (Å²) in [6, 6.07) is 7.80. The number of ether oxygens (including phenoxy) is 1. The molecule has 0 spiro atoms. The van der Waals surface area contributed by atoms with E-state index in [1.165, 1.54) is 4.31 Å². The van der Waals surface area contributed by atoms with Crippen LogP contribution in [0, 0.1) is 0 Å². The van der Waals surface area contributed by atoms with E-state index in [9.17, 15) is 17.2 Å². The Kier molecular flexibility index (Phi) is 4.35. The van der Waals surface area contributed by atoms with Crippen molar-refractivity contribution in [1.29, 1.82) is 0 Å². The van der Waals surface area contributed by atoms with Gasteiger partial charge in [-0.2, -0.15) is 0 Å². The average molecular weight is 345 g/mol. The lowest BCUT2D eigenvalue weighted by Gasteiger charge is -2.39. The molecule has 23 heavy (non-hydrogen) atoms. The number of rotatable bonds is 4. The standard InChI is InChI=1S/C16H21F2NO3S/c1-22-14-4-2-12(3-5-14)13-6-8-19(9-7-13)23(20,21)15-10-16(17,18)11-15/h2-5,13,15H,6-11H2,1H3. The number of alkyl halides is 2. The fourth-order valence-corrected chi connectivity index (χ4v) is 5.40. The first-order valence-corrected chi connectivity index (χ1v) is 9.33. The molecule has 1 aromatic rings. The maximum absolute atomic E-state index is 12.9. The van der Waals surface area contributed by atoms with Crippen LogP contribution in [0.2, 0.25) is 0 Å². The molecule has 0 unspecified atom stereocenters. The first-order chi connectivity index (χ1) is 10.8. The second-order valence-electron chi connectivity index (χ2n) is 6.38. The number of hydrogen-bond acceptors (Lipinski definition) is 3. The second kappa shape index (κ2) is 6.02. The third kappa shape index (κ3) is 3.35. The summed E-state index contributed by atoms with van der Waals surface area (Å²) in [7, 11) is -1.97. The van der Waals surface area contributed by atoms with E-state index in [2.05, 4.69) is 0 Å². The number of nitrogens with zero attached hydrogens (tertiary/aromatic N) is 1. The largest absolute Gasteiger partial charge is 0.497 e. The molecule has 128 valence electrons. The van der Waals surface area contributed by atoms with Crippen molar-refractivity contribution in [2.24, 2.45) is 0 Å². The predicted octanol–water partition coefficient (Wildman–Crippen LogP) is 3.00. The topological polar surface area (TPSA) is 46.6 Å². The molecule has 3 rings (SSSR count). The van der Waals surface area contributed by atoms with Crippen LogP contribution < -0.4 is 4.74 Å². The van der Waals surface area contributed by atoms with Crippen LogP contribution in [0.25, 0.3) is 0 Å². The van der Waals surface area contributed by atoms with Crippen LogP contribution in [0.5, 0.6) is 5.75 Å². The SMILES string of the molecule is COc1ccc(C2CCN(S(=O)(=O)C3CC(F)(F)C3)CC2)cc1. The van der Waals surface area contributed by atoms with E-state index in [1.807, 2.05) is 24.3 Å². The molecule has 1 saturated carbocycles. The number of halogens is 2. The minimum absolute atomic E-state index is 0.301. The Labute approximate surface area is 135 Å². The normalized spacial score (nSPS) is 23.4. The van der Waals surface area contributed by atoms with Crippen molar-refractivity contribution in [2.75, 3.05) is 20.2 Å². The van der Waals surface area contributed by atoms with Gasteiger partial charge in [0.25, 0.3) is 5.92 Å². The zero-order valence-electron chi connectivity index (χ0n) is 13.0. The fraction of sp³-hybridized carbons (Fsp3) is 0.625. The van der Waals surface area contributed by atoms with Gasteiger partial charge in [-0.25, -0.2) is 21.5 Å². The molecule has 2 fully saturated rings. The predicted molar refractivity (Wildman–Crippen MR) is 83.4 cm³/mol. The monoisotopic (exact) mass is 345 g/mol. The summed E-state index contributed by atoms with van der Waals surface area (Å²) in [5.41, 5.74) is 1.16. The summed E-state index contributed by atoms with van der Waals surface area (Å²) < 4.78 is 57.1. The maximum Gasteiger partial charge on any atom is 0.250 e. The zero-order valence-corrected chi connectivity index (χ0v) is 13.9. The van der Waals surface area contributed by atoms with Gasteiger partial charge < -0.3 is 4.74 Å².